The molecule has 0 fully saturated rings. The van der Waals surface area contributed by atoms with Gasteiger partial charge in [-0.15, -0.1) is 0 Å². The van der Waals surface area contributed by atoms with Crippen LogP contribution in [0.2, 0.25) is 5.02 Å². The van der Waals surface area contributed by atoms with Gasteiger partial charge in [0.05, 0.1) is 10.6 Å². The smallest absolute Gasteiger partial charge is 0.261 e. The number of nitrogens with one attached hydrogen (secondary N) is 1. The topological polar surface area (TPSA) is 88.1 Å². The van der Waals surface area contributed by atoms with Crippen LogP contribution in [0.5, 0.6) is 0 Å². The van der Waals surface area contributed by atoms with Crippen molar-refractivity contribution in [3.63, 3.8) is 0 Å². The Morgan fingerprint density at radius 1 is 0.767 bits per heavy atom. The van der Waals surface area contributed by atoms with E-state index in [1.54, 1.807) is 55.1 Å². The fourth-order valence-corrected chi connectivity index (χ4v) is 3.97. The van der Waals surface area contributed by atoms with Crippen LogP contribution in [-0.4, -0.2) is 23.4 Å². The molecule has 0 unspecified atom stereocenters. The molecule has 0 amide bonds. The van der Waals surface area contributed by atoms with Crippen LogP contribution < -0.4 is 9.62 Å². The van der Waals surface area contributed by atoms with E-state index < -0.39 is 10.0 Å². The predicted octanol–water partition coefficient (Wildman–Crippen LogP) is 4.80. The highest BCUT2D eigenvalue weighted by atomic mass is 35.5. The lowest BCUT2D eigenvalue weighted by molar-refractivity contribution is 0.601. The van der Waals surface area contributed by atoms with Gasteiger partial charge in [0.15, 0.2) is 0 Å². The Morgan fingerprint density at radius 3 is 2.00 bits per heavy atom. The van der Waals surface area contributed by atoms with Crippen LogP contribution in [0.1, 0.15) is 0 Å². The molecule has 0 saturated carbocycles. The number of nitrogens with zero attached hydrogens (tertiary/aromatic N) is 4. The first-order chi connectivity index (χ1) is 14.5. The molecule has 0 atom stereocenters. The van der Waals surface area contributed by atoms with E-state index in [1.807, 2.05) is 17.0 Å². The molecule has 0 radical (unpaired) electrons. The number of anilines is 4. The average Bonchev–Trinajstić information content (AvgIpc) is 2.77. The first-order valence-corrected chi connectivity index (χ1v) is 10.7. The lowest BCUT2D eigenvalue weighted by Gasteiger charge is -2.22. The number of halogens is 1. The molecule has 30 heavy (non-hydrogen) atoms. The highest BCUT2D eigenvalue weighted by molar-refractivity contribution is 7.92. The number of sulfonamides is 1. The van der Waals surface area contributed by atoms with Gasteiger partial charge in [-0.25, -0.2) is 18.4 Å². The van der Waals surface area contributed by atoms with Crippen molar-refractivity contribution < 1.29 is 8.42 Å². The maximum absolute atomic E-state index is 12.6. The third-order valence-electron chi connectivity index (χ3n) is 4.17. The minimum Gasteiger partial charge on any atom is -0.280 e. The van der Waals surface area contributed by atoms with Gasteiger partial charge in [0.2, 0.25) is 5.95 Å². The standard InChI is InChI=1S/C21H16ClN5O2S/c22-16-2-8-20(9-3-16)30(28,29)26-17-4-6-18(7-5-17)27(19-10-14-23-15-11-19)21-24-12-1-13-25-21/h1-15,26H. The van der Waals surface area contributed by atoms with Crippen molar-refractivity contribution in [1.82, 2.24) is 15.0 Å². The van der Waals surface area contributed by atoms with Crippen molar-refractivity contribution in [1.29, 1.82) is 0 Å². The van der Waals surface area contributed by atoms with Gasteiger partial charge < -0.3 is 0 Å². The second-order valence-corrected chi connectivity index (χ2v) is 8.31. The number of hydrogen-bond acceptors (Lipinski definition) is 6. The molecule has 2 aromatic heterocycles. The number of rotatable bonds is 6. The van der Waals surface area contributed by atoms with Crippen LogP contribution in [0.3, 0.4) is 0 Å². The molecule has 0 aliphatic rings. The Labute approximate surface area is 179 Å². The van der Waals surface area contributed by atoms with Gasteiger partial charge >= 0.3 is 0 Å². The van der Waals surface area contributed by atoms with Crippen molar-refractivity contribution in [2.45, 2.75) is 4.90 Å². The zero-order valence-corrected chi connectivity index (χ0v) is 17.1. The Bertz CT molecular complexity index is 1180. The van der Waals surface area contributed by atoms with Crippen molar-refractivity contribution >= 4 is 44.6 Å². The number of benzene rings is 2. The van der Waals surface area contributed by atoms with Crippen LogP contribution >= 0.6 is 11.6 Å². The molecule has 0 saturated heterocycles. The van der Waals surface area contributed by atoms with E-state index in [-0.39, 0.29) is 4.90 Å². The minimum atomic E-state index is -3.72. The van der Waals surface area contributed by atoms with Gasteiger partial charge in [-0.3, -0.25) is 14.6 Å². The molecular weight excluding hydrogens is 422 g/mol. The van der Waals surface area contributed by atoms with E-state index in [4.69, 9.17) is 11.6 Å². The molecule has 0 bridgehead atoms. The van der Waals surface area contributed by atoms with Crippen LogP contribution in [0, 0.1) is 0 Å². The minimum absolute atomic E-state index is 0.132. The molecule has 2 heterocycles. The van der Waals surface area contributed by atoms with Crippen molar-refractivity contribution in [2.75, 3.05) is 9.62 Å². The third kappa shape index (κ3) is 4.40. The first-order valence-electron chi connectivity index (χ1n) is 8.88. The van der Waals surface area contributed by atoms with Gasteiger partial charge in [-0.2, -0.15) is 0 Å². The highest BCUT2D eigenvalue weighted by Crippen LogP contribution is 2.32. The molecule has 0 aliphatic carbocycles. The molecule has 2 aromatic carbocycles. The molecule has 4 rings (SSSR count). The van der Waals surface area contributed by atoms with E-state index in [0.29, 0.717) is 16.7 Å². The summed E-state index contributed by atoms with van der Waals surface area (Å²) in [5.74, 6) is 0.484. The lowest BCUT2D eigenvalue weighted by Crippen LogP contribution is -2.14. The van der Waals surface area contributed by atoms with Crippen molar-refractivity contribution in [2.24, 2.45) is 0 Å². The van der Waals surface area contributed by atoms with E-state index in [9.17, 15) is 8.42 Å². The van der Waals surface area contributed by atoms with E-state index in [1.165, 1.54) is 24.3 Å². The zero-order valence-electron chi connectivity index (χ0n) is 15.6. The summed E-state index contributed by atoms with van der Waals surface area (Å²) >= 11 is 5.84. The van der Waals surface area contributed by atoms with Gasteiger partial charge in [-0.1, -0.05) is 11.6 Å². The third-order valence-corrected chi connectivity index (χ3v) is 5.82. The normalized spacial score (nSPS) is 11.1. The van der Waals surface area contributed by atoms with Gasteiger partial charge in [-0.05, 0) is 66.7 Å². The monoisotopic (exact) mass is 437 g/mol. The molecular formula is C21H16ClN5O2S. The van der Waals surface area contributed by atoms with Crippen LogP contribution in [0.4, 0.5) is 23.0 Å². The molecule has 4 aromatic rings. The number of pyridine rings is 1. The summed E-state index contributed by atoms with van der Waals surface area (Å²) in [6.45, 7) is 0. The van der Waals surface area contributed by atoms with E-state index >= 15 is 0 Å². The van der Waals surface area contributed by atoms with Gasteiger partial charge in [0.1, 0.15) is 0 Å². The fraction of sp³-hybridized carbons (Fsp3) is 0. The predicted molar refractivity (Wildman–Crippen MR) is 117 cm³/mol. The summed E-state index contributed by atoms with van der Waals surface area (Å²) in [5.41, 5.74) is 2.02. The summed E-state index contributed by atoms with van der Waals surface area (Å²) in [7, 11) is -3.72. The summed E-state index contributed by atoms with van der Waals surface area (Å²) < 4.78 is 27.7. The number of hydrogen-bond donors (Lipinski definition) is 1. The van der Waals surface area contributed by atoms with Gasteiger partial charge in [0, 0.05) is 41.2 Å². The SMILES string of the molecule is O=S(=O)(Nc1ccc(N(c2ccncc2)c2ncccn2)cc1)c1ccc(Cl)cc1. The molecule has 9 heteroatoms. The van der Waals surface area contributed by atoms with E-state index in [2.05, 4.69) is 19.7 Å². The van der Waals surface area contributed by atoms with Crippen LogP contribution in [-0.2, 0) is 10.0 Å². The lowest BCUT2D eigenvalue weighted by atomic mass is 10.2. The zero-order chi connectivity index (χ0) is 21.0. The summed E-state index contributed by atoms with van der Waals surface area (Å²) in [4.78, 5) is 14.7. The fourth-order valence-electron chi connectivity index (χ4n) is 2.79. The van der Waals surface area contributed by atoms with Crippen molar-refractivity contribution in [3.05, 3.63) is 96.5 Å². The summed E-state index contributed by atoms with van der Waals surface area (Å²) in [6.07, 6.45) is 6.68. The first kappa shape index (κ1) is 19.8. The largest absolute Gasteiger partial charge is 0.280 e. The number of aromatic nitrogens is 3. The van der Waals surface area contributed by atoms with Crippen molar-refractivity contribution in [3.8, 4) is 0 Å². The average molecular weight is 438 g/mol. The maximum atomic E-state index is 12.6. The van der Waals surface area contributed by atoms with Crippen LogP contribution in [0.15, 0.2) is 96.4 Å². The molecule has 1 N–H and O–H groups in total. The van der Waals surface area contributed by atoms with E-state index in [0.717, 1.165) is 11.4 Å². The Morgan fingerprint density at radius 2 is 1.37 bits per heavy atom. The second kappa shape index (κ2) is 8.48. The molecule has 0 spiro atoms. The van der Waals surface area contributed by atoms with Gasteiger partial charge in [0.25, 0.3) is 10.0 Å². The second-order valence-electron chi connectivity index (χ2n) is 6.20. The quantitative estimate of drug-likeness (QED) is 0.466. The Hall–Kier alpha value is -3.49. The maximum Gasteiger partial charge on any atom is 0.261 e. The Kier molecular flexibility index (Phi) is 5.60. The van der Waals surface area contributed by atoms with Crippen LogP contribution in [0.25, 0.3) is 0 Å². The molecule has 150 valence electrons. The molecule has 0 aliphatic heterocycles. The summed E-state index contributed by atoms with van der Waals surface area (Å²) in [5, 5.41) is 0.470. The highest BCUT2D eigenvalue weighted by Gasteiger charge is 2.17. The molecule has 7 nitrogen and oxygen atoms in total. The Balaban J connectivity index is 1.63. The summed E-state index contributed by atoms with van der Waals surface area (Å²) in [6, 6.07) is 18.3.